The molecule has 3 rings (SSSR count). The minimum absolute atomic E-state index is 0.146. The molecular weight excluding hydrogens is 458 g/mol. The Hall–Kier alpha value is -2.76. The number of aromatic nitrogens is 2. The van der Waals surface area contributed by atoms with Gasteiger partial charge in [-0.15, -0.1) is 0 Å². The fourth-order valence-corrected chi connectivity index (χ4v) is 4.35. The van der Waals surface area contributed by atoms with Gasteiger partial charge in [-0.1, -0.05) is 90.2 Å². The molecule has 0 spiro atoms. The Morgan fingerprint density at radius 1 is 0.722 bits per heavy atom. The molecule has 4 nitrogen and oxygen atoms in total. The molecule has 0 atom stereocenters. The van der Waals surface area contributed by atoms with E-state index >= 15 is 0 Å². The Morgan fingerprint density at radius 2 is 1.36 bits per heavy atom. The summed E-state index contributed by atoms with van der Waals surface area (Å²) in [5, 5.41) is 0.248. The monoisotopic (exact) mass is 498 g/mol. The van der Waals surface area contributed by atoms with E-state index in [0.29, 0.717) is 35.6 Å². The van der Waals surface area contributed by atoms with Crippen molar-refractivity contribution in [1.29, 1.82) is 0 Å². The van der Waals surface area contributed by atoms with Crippen molar-refractivity contribution in [1.82, 2.24) is 9.97 Å². The highest BCUT2D eigenvalue weighted by atomic mass is 19.1. The zero-order valence-corrected chi connectivity index (χ0v) is 21.8. The summed E-state index contributed by atoms with van der Waals surface area (Å²) in [6.45, 7) is 5.47. The molecule has 0 N–H and O–H groups in total. The van der Waals surface area contributed by atoms with Gasteiger partial charge in [0, 0.05) is 5.39 Å². The van der Waals surface area contributed by atoms with Gasteiger partial charge < -0.3 is 9.47 Å². The van der Waals surface area contributed by atoms with Crippen LogP contribution in [0.3, 0.4) is 0 Å². The smallest absolute Gasteiger partial charge is 0.227 e. The number of ether oxygens (including phenoxy) is 2. The SMILES string of the molecule is CCCCCCCCOc1ccc(-c2c(OCCCCCCCC)nc(F)c3c(F)cccc23)nc1. The van der Waals surface area contributed by atoms with Crippen LogP contribution in [0.1, 0.15) is 90.9 Å². The molecular formula is C30H40F2N2O2. The second-order valence-electron chi connectivity index (χ2n) is 9.36. The van der Waals surface area contributed by atoms with E-state index < -0.39 is 11.8 Å². The Balaban J connectivity index is 1.71. The minimum atomic E-state index is -0.872. The van der Waals surface area contributed by atoms with Crippen LogP contribution in [0.4, 0.5) is 8.78 Å². The molecule has 0 fully saturated rings. The van der Waals surface area contributed by atoms with Gasteiger partial charge in [-0.05, 0) is 31.0 Å². The van der Waals surface area contributed by atoms with E-state index in [2.05, 4.69) is 23.8 Å². The molecule has 36 heavy (non-hydrogen) atoms. The van der Waals surface area contributed by atoms with Crippen LogP contribution >= 0.6 is 0 Å². The third kappa shape index (κ3) is 8.14. The minimum Gasteiger partial charge on any atom is -0.492 e. The maximum atomic E-state index is 14.8. The maximum absolute atomic E-state index is 14.8. The van der Waals surface area contributed by atoms with Crippen LogP contribution in [0.2, 0.25) is 0 Å². The van der Waals surface area contributed by atoms with Crippen molar-refractivity contribution < 1.29 is 18.3 Å². The molecule has 0 saturated carbocycles. The van der Waals surface area contributed by atoms with Crippen LogP contribution in [-0.2, 0) is 0 Å². The summed E-state index contributed by atoms with van der Waals surface area (Å²) in [4.78, 5) is 8.55. The molecule has 2 heterocycles. The number of fused-ring (bicyclic) bond motifs is 1. The van der Waals surface area contributed by atoms with E-state index in [9.17, 15) is 8.78 Å². The molecule has 0 radical (unpaired) electrons. The van der Waals surface area contributed by atoms with E-state index in [1.165, 1.54) is 51.0 Å². The standard InChI is InChI=1S/C30H40F2N2O2/c1-3-5-7-9-11-13-20-35-23-18-19-26(33-22-23)28-24-16-15-17-25(31)27(24)29(32)34-30(28)36-21-14-12-10-8-6-4-2/h15-19,22H,3-14,20-21H2,1-2H3. The first-order valence-electron chi connectivity index (χ1n) is 13.7. The van der Waals surface area contributed by atoms with Gasteiger partial charge in [-0.2, -0.15) is 9.37 Å². The molecule has 196 valence electrons. The maximum Gasteiger partial charge on any atom is 0.227 e. The molecule has 0 saturated heterocycles. The molecule has 6 heteroatoms. The Kier molecular flexibility index (Phi) is 11.9. The van der Waals surface area contributed by atoms with Gasteiger partial charge in [-0.3, -0.25) is 4.98 Å². The second-order valence-corrected chi connectivity index (χ2v) is 9.36. The number of unbranched alkanes of at least 4 members (excludes halogenated alkanes) is 10. The molecule has 0 aliphatic carbocycles. The molecule has 0 bridgehead atoms. The summed E-state index contributed by atoms with van der Waals surface area (Å²) < 4.78 is 41.1. The summed E-state index contributed by atoms with van der Waals surface area (Å²) in [6.07, 6.45) is 15.5. The lowest BCUT2D eigenvalue weighted by Gasteiger charge is -2.14. The average molecular weight is 499 g/mol. The number of rotatable bonds is 17. The van der Waals surface area contributed by atoms with Crippen LogP contribution in [0, 0.1) is 11.8 Å². The van der Waals surface area contributed by atoms with Gasteiger partial charge in [0.1, 0.15) is 11.6 Å². The highest BCUT2D eigenvalue weighted by molar-refractivity contribution is 5.98. The number of nitrogens with zero attached hydrogens (tertiary/aromatic N) is 2. The van der Waals surface area contributed by atoms with Crippen molar-refractivity contribution in [2.24, 2.45) is 0 Å². The summed E-state index contributed by atoms with van der Waals surface area (Å²) in [5.74, 6) is -0.705. The van der Waals surface area contributed by atoms with E-state index in [0.717, 1.165) is 32.1 Å². The van der Waals surface area contributed by atoms with Gasteiger partial charge in [0.05, 0.1) is 36.1 Å². The second kappa shape index (κ2) is 15.4. The van der Waals surface area contributed by atoms with Crippen molar-refractivity contribution >= 4 is 10.8 Å². The molecule has 2 aromatic heterocycles. The summed E-state index contributed by atoms with van der Waals surface area (Å²) in [6, 6.07) is 8.12. The fraction of sp³-hybridized carbons (Fsp3) is 0.533. The van der Waals surface area contributed by atoms with Crippen molar-refractivity contribution in [2.75, 3.05) is 13.2 Å². The van der Waals surface area contributed by atoms with Crippen LogP contribution in [0.25, 0.3) is 22.0 Å². The summed E-state index contributed by atoms with van der Waals surface area (Å²) in [5.41, 5.74) is 1.04. The van der Waals surface area contributed by atoms with E-state index in [4.69, 9.17) is 9.47 Å². The Labute approximate surface area is 214 Å². The summed E-state index contributed by atoms with van der Waals surface area (Å²) >= 11 is 0. The number of pyridine rings is 2. The highest BCUT2D eigenvalue weighted by Gasteiger charge is 2.20. The highest BCUT2D eigenvalue weighted by Crippen LogP contribution is 2.37. The van der Waals surface area contributed by atoms with E-state index in [-0.39, 0.29) is 11.3 Å². The molecule has 0 unspecified atom stereocenters. The van der Waals surface area contributed by atoms with Gasteiger partial charge in [-0.25, -0.2) is 4.39 Å². The molecule has 0 amide bonds. The van der Waals surface area contributed by atoms with Crippen LogP contribution in [-0.4, -0.2) is 23.2 Å². The Bertz CT molecular complexity index is 1060. The zero-order valence-electron chi connectivity index (χ0n) is 21.8. The van der Waals surface area contributed by atoms with Gasteiger partial charge in [0.15, 0.2) is 0 Å². The van der Waals surface area contributed by atoms with E-state index in [1.54, 1.807) is 24.4 Å². The van der Waals surface area contributed by atoms with Crippen LogP contribution in [0.5, 0.6) is 11.6 Å². The average Bonchev–Trinajstić information content (AvgIpc) is 2.88. The third-order valence-electron chi connectivity index (χ3n) is 6.40. The number of benzene rings is 1. The molecule has 1 aromatic carbocycles. The quantitative estimate of drug-likeness (QED) is 0.138. The van der Waals surface area contributed by atoms with Crippen LogP contribution in [0.15, 0.2) is 36.5 Å². The Morgan fingerprint density at radius 3 is 2.00 bits per heavy atom. The first-order chi connectivity index (χ1) is 17.7. The van der Waals surface area contributed by atoms with Gasteiger partial charge in [0.25, 0.3) is 0 Å². The predicted molar refractivity (Wildman–Crippen MR) is 143 cm³/mol. The van der Waals surface area contributed by atoms with Crippen molar-refractivity contribution in [3.63, 3.8) is 0 Å². The van der Waals surface area contributed by atoms with Gasteiger partial charge >= 0.3 is 0 Å². The fourth-order valence-electron chi connectivity index (χ4n) is 4.35. The number of halogens is 2. The topological polar surface area (TPSA) is 44.2 Å². The largest absolute Gasteiger partial charge is 0.492 e. The van der Waals surface area contributed by atoms with Crippen molar-refractivity contribution in [3.05, 3.63) is 48.3 Å². The summed E-state index contributed by atoms with van der Waals surface area (Å²) in [7, 11) is 0. The lowest BCUT2D eigenvalue weighted by atomic mass is 10.0. The molecule has 0 aliphatic rings. The van der Waals surface area contributed by atoms with E-state index in [1.807, 2.05) is 6.07 Å². The zero-order chi connectivity index (χ0) is 25.6. The lowest BCUT2D eigenvalue weighted by molar-refractivity contribution is 0.291. The first-order valence-corrected chi connectivity index (χ1v) is 13.7. The lowest BCUT2D eigenvalue weighted by Crippen LogP contribution is -2.05. The first kappa shape index (κ1) is 27.8. The van der Waals surface area contributed by atoms with Crippen LogP contribution < -0.4 is 9.47 Å². The van der Waals surface area contributed by atoms with Crippen molar-refractivity contribution in [2.45, 2.75) is 90.9 Å². The van der Waals surface area contributed by atoms with Gasteiger partial charge in [0.2, 0.25) is 11.8 Å². The molecule has 0 aliphatic heterocycles. The number of hydrogen-bond acceptors (Lipinski definition) is 4. The number of hydrogen-bond donors (Lipinski definition) is 0. The molecule has 3 aromatic rings. The predicted octanol–water partition coefficient (Wildman–Crippen LogP) is 9.05. The van der Waals surface area contributed by atoms with Crippen molar-refractivity contribution in [3.8, 4) is 22.9 Å². The third-order valence-corrected chi connectivity index (χ3v) is 6.40. The normalized spacial score (nSPS) is 11.2.